The summed E-state index contributed by atoms with van der Waals surface area (Å²) in [7, 11) is 1.09. The highest BCUT2D eigenvalue weighted by molar-refractivity contribution is 8.00. The van der Waals surface area contributed by atoms with Crippen LogP contribution in [0.4, 0.5) is 14.5 Å². The van der Waals surface area contributed by atoms with Crippen molar-refractivity contribution in [2.75, 3.05) is 18.2 Å². The molecule has 0 heterocycles. The minimum Gasteiger partial charge on any atom is -0.465 e. The normalized spacial score (nSPS) is 10.7. The molecule has 3 aromatic rings. The molecule has 0 unspecified atom stereocenters. The van der Waals surface area contributed by atoms with Gasteiger partial charge in [0.25, 0.3) is 0 Å². The molecular weight excluding hydrogens is 408 g/mol. The summed E-state index contributed by atoms with van der Waals surface area (Å²) in [5, 5.41) is 2.31. The van der Waals surface area contributed by atoms with Crippen molar-refractivity contribution < 1.29 is 23.1 Å². The molecule has 0 spiro atoms. The third-order valence-corrected chi connectivity index (χ3v) is 5.63. The second kappa shape index (κ2) is 10.0. The van der Waals surface area contributed by atoms with Crippen molar-refractivity contribution in [3.05, 3.63) is 101 Å². The monoisotopic (exact) mass is 427 g/mol. The number of rotatable bonds is 7. The van der Waals surface area contributed by atoms with E-state index in [1.165, 1.54) is 11.8 Å². The number of hydrogen-bond donors (Lipinski definition) is 1. The van der Waals surface area contributed by atoms with Crippen LogP contribution in [0.2, 0.25) is 0 Å². The van der Waals surface area contributed by atoms with Crippen LogP contribution in [0.25, 0.3) is 0 Å². The molecule has 0 radical (unpaired) electrons. The molecule has 0 saturated carbocycles. The highest BCUT2D eigenvalue weighted by Gasteiger charge is 2.20. The maximum absolute atomic E-state index is 14.1. The van der Waals surface area contributed by atoms with Gasteiger partial charge in [-0.15, -0.1) is 11.8 Å². The van der Waals surface area contributed by atoms with Crippen molar-refractivity contribution in [3.8, 4) is 0 Å². The standard InChI is InChI=1S/C23H19F2NO3S/c1-29-23(28)17-12-20(19(25)13-18(17)24)26-21(27)14-30-22(15-8-4-2-5-9-15)16-10-6-3-7-11-16/h2-13,22H,14H2,1H3,(H,26,27). The van der Waals surface area contributed by atoms with E-state index in [0.29, 0.717) is 6.07 Å². The van der Waals surface area contributed by atoms with Gasteiger partial charge >= 0.3 is 5.97 Å². The molecule has 4 nitrogen and oxygen atoms in total. The van der Waals surface area contributed by atoms with Crippen molar-refractivity contribution in [1.82, 2.24) is 0 Å². The summed E-state index contributed by atoms with van der Waals surface area (Å²) < 4.78 is 32.3. The number of anilines is 1. The first-order valence-corrected chi connectivity index (χ1v) is 10.1. The van der Waals surface area contributed by atoms with E-state index < -0.39 is 29.1 Å². The van der Waals surface area contributed by atoms with E-state index >= 15 is 0 Å². The first-order valence-electron chi connectivity index (χ1n) is 9.08. The number of esters is 1. The third kappa shape index (κ3) is 5.24. The third-order valence-electron chi connectivity index (χ3n) is 4.32. The fraction of sp³-hybridized carbons (Fsp3) is 0.130. The molecule has 154 valence electrons. The minimum absolute atomic E-state index is 0.0266. The summed E-state index contributed by atoms with van der Waals surface area (Å²) in [6, 6.07) is 20.9. The molecule has 0 aliphatic heterocycles. The zero-order chi connectivity index (χ0) is 21.5. The van der Waals surface area contributed by atoms with Crippen molar-refractivity contribution in [2.24, 2.45) is 0 Å². The Hall–Kier alpha value is -3.19. The van der Waals surface area contributed by atoms with Crippen LogP contribution in [-0.4, -0.2) is 24.7 Å². The summed E-state index contributed by atoms with van der Waals surface area (Å²) in [5.74, 6) is -3.43. The molecule has 0 saturated heterocycles. The van der Waals surface area contributed by atoms with E-state index in [4.69, 9.17) is 0 Å². The zero-order valence-electron chi connectivity index (χ0n) is 16.1. The molecule has 0 aromatic heterocycles. The van der Waals surface area contributed by atoms with Gasteiger partial charge in [-0.25, -0.2) is 13.6 Å². The van der Waals surface area contributed by atoms with Crippen LogP contribution in [0, 0.1) is 11.6 Å². The van der Waals surface area contributed by atoms with Crippen LogP contribution >= 0.6 is 11.8 Å². The van der Waals surface area contributed by atoms with E-state index in [-0.39, 0.29) is 16.7 Å². The summed E-state index contributed by atoms with van der Waals surface area (Å²) >= 11 is 1.38. The largest absolute Gasteiger partial charge is 0.465 e. The maximum Gasteiger partial charge on any atom is 0.340 e. The first kappa shape index (κ1) is 21.5. The van der Waals surface area contributed by atoms with Gasteiger partial charge in [0.05, 0.1) is 29.4 Å². The van der Waals surface area contributed by atoms with Crippen molar-refractivity contribution in [1.29, 1.82) is 0 Å². The number of nitrogens with one attached hydrogen (secondary N) is 1. The molecule has 3 aromatic carbocycles. The van der Waals surface area contributed by atoms with E-state index in [9.17, 15) is 18.4 Å². The lowest BCUT2D eigenvalue weighted by molar-refractivity contribution is -0.113. The number of amides is 1. The Morgan fingerprint density at radius 2 is 1.50 bits per heavy atom. The molecular formula is C23H19F2NO3S. The Bertz CT molecular complexity index is 990. The average molecular weight is 427 g/mol. The Labute approximate surface area is 177 Å². The molecule has 0 bridgehead atoms. The second-order valence-electron chi connectivity index (χ2n) is 6.36. The Kier molecular flexibility index (Phi) is 7.19. The van der Waals surface area contributed by atoms with Gasteiger partial charge in [-0.3, -0.25) is 4.79 Å². The quantitative estimate of drug-likeness (QED) is 0.526. The Balaban J connectivity index is 1.75. The van der Waals surface area contributed by atoms with Crippen molar-refractivity contribution in [3.63, 3.8) is 0 Å². The predicted octanol–water partition coefficient (Wildman–Crippen LogP) is 5.21. The van der Waals surface area contributed by atoms with Gasteiger partial charge in [0.2, 0.25) is 5.91 Å². The van der Waals surface area contributed by atoms with Crippen molar-refractivity contribution in [2.45, 2.75) is 5.25 Å². The van der Waals surface area contributed by atoms with Gasteiger partial charge < -0.3 is 10.1 Å². The van der Waals surface area contributed by atoms with E-state index in [1.807, 2.05) is 60.7 Å². The number of methoxy groups -OCH3 is 1. The molecule has 7 heteroatoms. The van der Waals surface area contributed by atoms with Crippen LogP contribution in [0.1, 0.15) is 26.7 Å². The second-order valence-corrected chi connectivity index (χ2v) is 7.46. The number of halogens is 2. The van der Waals surface area contributed by atoms with E-state index in [2.05, 4.69) is 10.1 Å². The molecule has 0 aliphatic rings. The van der Waals surface area contributed by atoms with Crippen LogP contribution in [-0.2, 0) is 9.53 Å². The summed E-state index contributed by atoms with van der Waals surface area (Å²) in [5.41, 5.74) is 1.33. The lowest BCUT2D eigenvalue weighted by Crippen LogP contribution is -2.17. The molecule has 30 heavy (non-hydrogen) atoms. The number of thioether (sulfide) groups is 1. The lowest BCUT2D eigenvalue weighted by Gasteiger charge is -2.18. The Morgan fingerprint density at radius 3 is 2.03 bits per heavy atom. The summed E-state index contributed by atoms with van der Waals surface area (Å²) in [4.78, 5) is 24.1. The van der Waals surface area contributed by atoms with Gasteiger partial charge in [-0.1, -0.05) is 60.7 Å². The molecule has 0 aliphatic carbocycles. The minimum atomic E-state index is -1.06. The van der Waals surface area contributed by atoms with E-state index in [1.54, 1.807) is 0 Å². The van der Waals surface area contributed by atoms with Crippen LogP contribution in [0.15, 0.2) is 72.8 Å². The van der Waals surface area contributed by atoms with Gasteiger partial charge in [-0.05, 0) is 17.2 Å². The number of hydrogen-bond acceptors (Lipinski definition) is 4. The number of carbonyl (C=O) groups is 2. The molecule has 1 N–H and O–H groups in total. The summed E-state index contributed by atoms with van der Waals surface area (Å²) in [6.45, 7) is 0. The van der Waals surface area contributed by atoms with Gasteiger partial charge in [0.15, 0.2) is 0 Å². The molecule has 0 atom stereocenters. The number of benzene rings is 3. The molecule has 3 rings (SSSR count). The highest BCUT2D eigenvalue weighted by atomic mass is 32.2. The fourth-order valence-corrected chi connectivity index (χ4v) is 3.99. The first-order chi connectivity index (χ1) is 14.5. The van der Waals surface area contributed by atoms with Gasteiger partial charge in [0, 0.05) is 6.07 Å². The van der Waals surface area contributed by atoms with Crippen LogP contribution < -0.4 is 5.32 Å². The van der Waals surface area contributed by atoms with Gasteiger partial charge in [0.1, 0.15) is 11.6 Å². The van der Waals surface area contributed by atoms with Crippen LogP contribution in [0.3, 0.4) is 0 Å². The van der Waals surface area contributed by atoms with Crippen LogP contribution in [0.5, 0.6) is 0 Å². The fourth-order valence-electron chi connectivity index (χ4n) is 2.90. The predicted molar refractivity (Wildman–Crippen MR) is 114 cm³/mol. The average Bonchev–Trinajstić information content (AvgIpc) is 2.76. The molecule has 0 fully saturated rings. The van der Waals surface area contributed by atoms with Crippen molar-refractivity contribution >= 4 is 29.3 Å². The zero-order valence-corrected chi connectivity index (χ0v) is 16.9. The van der Waals surface area contributed by atoms with E-state index in [0.717, 1.165) is 24.3 Å². The SMILES string of the molecule is COC(=O)c1cc(NC(=O)CSC(c2ccccc2)c2ccccc2)c(F)cc1F. The highest BCUT2D eigenvalue weighted by Crippen LogP contribution is 2.35. The smallest absolute Gasteiger partial charge is 0.340 e. The lowest BCUT2D eigenvalue weighted by atomic mass is 10.0. The molecule has 1 amide bonds. The number of carbonyl (C=O) groups excluding carboxylic acids is 2. The maximum atomic E-state index is 14.1. The van der Waals surface area contributed by atoms with Gasteiger partial charge in [-0.2, -0.15) is 0 Å². The summed E-state index contributed by atoms with van der Waals surface area (Å²) in [6.07, 6.45) is 0. The Morgan fingerprint density at radius 1 is 0.933 bits per heavy atom. The topological polar surface area (TPSA) is 55.4 Å². The number of ether oxygens (including phenoxy) is 1.